The molecule has 1 atom stereocenters. The van der Waals surface area contributed by atoms with Crippen LogP contribution >= 0.6 is 0 Å². The van der Waals surface area contributed by atoms with E-state index >= 15 is 0 Å². The van der Waals surface area contributed by atoms with Crippen molar-refractivity contribution in [3.8, 4) is 0 Å². The number of likely N-dealkylation sites (N-methyl/N-ethyl adjacent to an activating group) is 1. The lowest BCUT2D eigenvalue weighted by molar-refractivity contribution is 0.0740. The minimum Gasteiger partial charge on any atom is -0.390 e. The fraction of sp³-hybridized carbons (Fsp3) is 0.200. The minimum atomic E-state index is -3.70. The number of hydrogen-bond donors (Lipinski definition) is 0. The van der Waals surface area contributed by atoms with Crippen LogP contribution in [0, 0.1) is 0 Å². The lowest BCUT2D eigenvalue weighted by Gasteiger charge is -2.20. The predicted octanol–water partition coefficient (Wildman–Crippen LogP) is 3.05. The molecule has 2 heterocycles. The van der Waals surface area contributed by atoms with Crippen LogP contribution in [-0.4, -0.2) is 43.1 Å². The van der Waals surface area contributed by atoms with E-state index < -0.39 is 10.0 Å². The van der Waals surface area contributed by atoms with Crippen molar-refractivity contribution in [2.75, 3.05) is 13.6 Å². The zero-order valence-corrected chi connectivity index (χ0v) is 15.6. The third-order valence-corrected chi connectivity index (χ3v) is 6.44. The summed E-state index contributed by atoms with van der Waals surface area (Å²) in [5.41, 5.74) is 2.29. The summed E-state index contributed by atoms with van der Waals surface area (Å²) >= 11 is 0. The van der Waals surface area contributed by atoms with Crippen LogP contribution < -0.4 is 0 Å². The normalized spacial score (nSPS) is 17.1. The summed E-state index contributed by atoms with van der Waals surface area (Å²) in [6, 6.07) is 18.6. The lowest BCUT2D eigenvalue weighted by atomic mass is 10.1. The largest absolute Gasteiger partial charge is 0.390 e. The number of hydrogen-bond acceptors (Lipinski definition) is 5. The molecule has 3 aromatic rings. The first-order chi connectivity index (χ1) is 13.1. The van der Waals surface area contributed by atoms with Crippen molar-refractivity contribution in [1.82, 2.24) is 9.29 Å². The first-order valence-electron chi connectivity index (χ1n) is 8.64. The van der Waals surface area contributed by atoms with Crippen LogP contribution in [0.5, 0.6) is 0 Å². The van der Waals surface area contributed by atoms with E-state index in [-0.39, 0.29) is 17.5 Å². The molecule has 27 heavy (non-hydrogen) atoms. The Bertz CT molecular complexity index is 1090. The maximum absolute atomic E-state index is 13.1. The van der Waals surface area contributed by atoms with Crippen molar-refractivity contribution in [1.29, 1.82) is 0 Å². The van der Waals surface area contributed by atoms with E-state index in [1.807, 2.05) is 42.5 Å². The third-order valence-electron chi connectivity index (χ3n) is 4.58. The first-order valence-corrected chi connectivity index (χ1v) is 10.1. The molecule has 0 saturated heterocycles. The van der Waals surface area contributed by atoms with E-state index in [2.05, 4.69) is 10.1 Å². The number of benzene rings is 2. The highest BCUT2D eigenvalue weighted by atomic mass is 32.2. The quantitative estimate of drug-likeness (QED) is 0.681. The second kappa shape index (κ2) is 7.09. The molecule has 0 bridgehead atoms. The molecule has 0 amide bonds. The van der Waals surface area contributed by atoms with Gasteiger partial charge in [0.05, 0.1) is 17.8 Å². The Morgan fingerprint density at radius 1 is 1.07 bits per heavy atom. The average Bonchev–Trinajstić information content (AvgIpc) is 3.16. The highest BCUT2D eigenvalue weighted by Gasteiger charge is 2.30. The van der Waals surface area contributed by atoms with E-state index in [1.54, 1.807) is 31.4 Å². The van der Waals surface area contributed by atoms with Crippen LogP contribution in [0.25, 0.3) is 10.9 Å². The van der Waals surface area contributed by atoms with E-state index in [0.29, 0.717) is 11.9 Å². The summed E-state index contributed by atoms with van der Waals surface area (Å²) in [4.78, 5) is 9.93. The van der Waals surface area contributed by atoms with Crippen LogP contribution in [0.4, 0.5) is 0 Å². The Morgan fingerprint density at radius 2 is 1.85 bits per heavy atom. The molecule has 0 unspecified atom stereocenters. The molecular formula is C20H19N3O3S. The van der Waals surface area contributed by atoms with Gasteiger partial charge in [0.15, 0.2) is 0 Å². The van der Waals surface area contributed by atoms with Gasteiger partial charge >= 0.3 is 0 Å². The summed E-state index contributed by atoms with van der Waals surface area (Å²) in [5.74, 6) is 0. The van der Waals surface area contributed by atoms with Gasteiger partial charge in [-0.15, -0.1) is 0 Å². The number of oxime groups is 1. The van der Waals surface area contributed by atoms with E-state index in [0.717, 1.165) is 16.7 Å². The fourth-order valence-electron chi connectivity index (χ4n) is 3.16. The number of aromatic nitrogens is 1. The molecule has 0 saturated carbocycles. The second-order valence-electron chi connectivity index (χ2n) is 6.45. The molecular weight excluding hydrogens is 362 g/mol. The van der Waals surface area contributed by atoms with Crippen molar-refractivity contribution in [2.45, 2.75) is 17.4 Å². The van der Waals surface area contributed by atoms with Crippen molar-refractivity contribution < 1.29 is 13.3 Å². The minimum absolute atomic E-state index is 0.199. The molecule has 0 N–H and O–H groups in total. The van der Waals surface area contributed by atoms with Gasteiger partial charge in [-0.3, -0.25) is 4.98 Å². The molecule has 0 radical (unpaired) electrons. The average molecular weight is 381 g/mol. The van der Waals surface area contributed by atoms with Crippen molar-refractivity contribution in [2.24, 2.45) is 5.16 Å². The summed E-state index contributed by atoms with van der Waals surface area (Å²) in [7, 11) is -2.14. The van der Waals surface area contributed by atoms with Crippen LogP contribution in [0.3, 0.4) is 0 Å². The maximum Gasteiger partial charge on any atom is 0.245 e. The molecule has 7 heteroatoms. The number of sulfonamides is 1. The van der Waals surface area contributed by atoms with Gasteiger partial charge in [0, 0.05) is 25.1 Å². The summed E-state index contributed by atoms with van der Waals surface area (Å²) in [5, 5.41) is 4.92. The zero-order chi connectivity index (χ0) is 18.9. The van der Waals surface area contributed by atoms with Crippen LogP contribution in [0.1, 0.15) is 12.0 Å². The number of para-hydroxylation sites is 1. The van der Waals surface area contributed by atoms with Crippen LogP contribution in [0.15, 0.2) is 76.9 Å². The molecule has 0 aliphatic carbocycles. The molecule has 1 aliphatic heterocycles. The van der Waals surface area contributed by atoms with Gasteiger partial charge in [-0.1, -0.05) is 53.7 Å². The Labute approximate surface area is 158 Å². The Kier molecular flexibility index (Phi) is 4.63. The molecule has 2 aromatic carbocycles. The van der Waals surface area contributed by atoms with Gasteiger partial charge in [-0.05, 0) is 17.7 Å². The molecule has 0 fully saturated rings. The molecule has 0 spiro atoms. The smallest absolute Gasteiger partial charge is 0.245 e. The predicted molar refractivity (Wildman–Crippen MR) is 104 cm³/mol. The zero-order valence-electron chi connectivity index (χ0n) is 14.8. The number of rotatable bonds is 5. The lowest BCUT2D eigenvalue weighted by Crippen LogP contribution is -2.34. The highest BCUT2D eigenvalue weighted by Crippen LogP contribution is 2.25. The maximum atomic E-state index is 13.1. The summed E-state index contributed by atoms with van der Waals surface area (Å²) in [6.45, 7) is 0.214. The Balaban J connectivity index is 1.52. The molecule has 6 nitrogen and oxygen atoms in total. The SMILES string of the molecule is CN(C[C@@H]1CC(c2ccccc2)=NO1)S(=O)(=O)c1cccc2cccnc12. The van der Waals surface area contributed by atoms with Crippen molar-refractivity contribution in [3.63, 3.8) is 0 Å². The first kappa shape index (κ1) is 17.6. The molecule has 4 rings (SSSR count). The number of fused-ring (bicyclic) bond motifs is 1. The Morgan fingerprint density at radius 3 is 2.67 bits per heavy atom. The Hall–Kier alpha value is -2.77. The van der Waals surface area contributed by atoms with E-state index in [1.165, 1.54) is 4.31 Å². The van der Waals surface area contributed by atoms with Gasteiger partial charge in [0.1, 0.15) is 11.0 Å². The standard InChI is InChI=1S/C20H19N3O3S/c1-23(14-17-13-18(22-26-17)15-7-3-2-4-8-15)27(24,25)19-11-5-9-16-10-6-12-21-20(16)19/h2-12,17H,13-14H2,1H3/t17-/m0/s1. The van der Waals surface area contributed by atoms with Gasteiger partial charge in [0.25, 0.3) is 0 Å². The van der Waals surface area contributed by atoms with Gasteiger partial charge in [0.2, 0.25) is 10.0 Å². The third kappa shape index (κ3) is 3.43. The van der Waals surface area contributed by atoms with Gasteiger partial charge in [-0.25, -0.2) is 8.42 Å². The number of pyridine rings is 1. The molecule has 1 aliphatic rings. The van der Waals surface area contributed by atoms with Gasteiger partial charge in [-0.2, -0.15) is 4.31 Å². The summed E-state index contributed by atoms with van der Waals surface area (Å²) in [6.07, 6.45) is 1.85. The topological polar surface area (TPSA) is 71.9 Å². The number of nitrogens with zero attached hydrogens (tertiary/aromatic N) is 3. The monoisotopic (exact) mass is 381 g/mol. The fourth-order valence-corrected chi connectivity index (χ4v) is 4.53. The highest BCUT2D eigenvalue weighted by molar-refractivity contribution is 7.89. The summed E-state index contributed by atoms with van der Waals surface area (Å²) < 4.78 is 27.5. The van der Waals surface area contributed by atoms with Crippen LogP contribution in [-0.2, 0) is 14.9 Å². The van der Waals surface area contributed by atoms with Crippen molar-refractivity contribution in [3.05, 3.63) is 72.4 Å². The van der Waals surface area contributed by atoms with Crippen LogP contribution in [0.2, 0.25) is 0 Å². The van der Waals surface area contributed by atoms with Crippen molar-refractivity contribution >= 4 is 26.6 Å². The molecule has 138 valence electrons. The second-order valence-corrected chi connectivity index (χ2v) is 8.47. The van der Waals surface area contributed by atoms with Gasteiger partial charge < -0.3 is 4.84 Å². The van der Waals surface area contributed by atoms with E-state index in [4.69, 9.17) is 4.84 Å². The van der Waals surface area contributed by atoms with E-state index in [9.17, 15) is 8.42 Å². The molecule has 1 aromatic heterocycles.